The molecule has 0 aromatic rings. The number of hydrogen-bond donors (Lipinski definition) is 2. The zero-order chi connectivity index (χ0) is 52.7. The fourth-order valence-electron chi connectivity index (χ4n) is 9.98. The number of hydrogen-bond acceptors (Lipinski definition) is 6. The van der Waals surface area contributed by atoms with Crippen LogP contribution in [0.1, 0.15) is 335 Å². The molecule has 9 heteroatoms. The van der Waals surface area contributed by atoms with Crippen molar-refractivity contribution < 1.29 is 32.9 Å². The van der Waals surface area contributed by atoms with Gasteiger partial charge in [0.15, 0.2) is 0 Å². The Morgan fingerprint density at radius 1 is 0.472 bits per heavy atom. The molecule has 0 rings (SSSR count). The van der Waals surface area contributed by atoms with Gasteiger partial charge in [0.1, 0.15) is 13.2 Å². The van der Waals surface area contributed by atoms with Crippen molar-refractivity contribution in [2.24, 2.45) is 0 Å². The SMILES string of the molecule is CCCCCCCCCC/C=C\CCCCCCCCCCCCCCCCCCCC(=O)NC(COP(=O)([O-])OCC[N+](C)(C)C)C(O)CCCCCCCCCCCCCCCCCCCCCCC. The highest BCUT2D eigenvalue weighted by Crippen LogP contribution is 2.38. The summed E-state index contributed by atoms with van der Waals surface area (Å²) in [5, 5.41) is 14.1. The summed E-state index contributed by atoms with van der Waals surface area (Å²) in [6, 6.07) is -0.798. The lowest BCUT2D eigenvalue weighted by atomic mass is 10.0. The Kier molecular flexibility index (Phi) is 54.4. The number of rotatable bonds is 60. The van der Waals surface area contributed by atoms with Crippen LogP contribution in [0.5, 0.6) is 0 Å². The molecule has 8 nitrogen and oxygen atoms in total. The van der Waals surface area contributed by atoms with Gasteiger partial charge in [-0.3, -0.25) is 9.36 Å². The largest absolute Gasteiger partial charge is 0.756 e. The van der Waals surface area contributed by atoms with Crippen LogP contribution >= 0.6 is 7.82 Å². The first-order chi connectivity index (χ1) is 35.0. The van der Waals surface area contributed by atoms with Gasteiger partial charge in [-0.15, -0.1) is 0 Å². The van der Waals surface area contributed by atoms with Gasteiger partial charge < -0.3 is 28.8 Å². The molecule has 2 N–H and O–H groups in total. The third-order valence-electron chi connectivity index (χ3n) is 15.0. The molecular weight excluding hydrogens is 912 g/mol. The smallest absolute Gasteiger partial charge is 0.268 e. The number of quaternary nitrogens is 1. The second kappa shape index (κ2) is 55.0. The van der Waals surface area contributed by atoms with Crippen molar-refractivity contribution in [3.63, 3.8) is 0 Å². The summed E-state index contributed by atoms with van der Waals surface area (Å²) in [5.74, 6) is -0.157. The molecule has 0 spiro atoms. The van der Waals surface area contributed by atoms with E-state index in [1.807, 2.05) is 21.1 Å². The second-order valence-corrected chi connectivity index (χ2v) is 24.9. The van der Waals surface area contributed by atoms with Crippen molar-refractivity contribution in [1.82, 2.24) is 5.32 Å². The molecule has 0 fully saturated rings. The van der Waals surface area contributed by atoms with E-state index in [9.17, 15) is 19.4 Å². The summed E-state index contributed by atoms with van der Waals surface area (Å²) < 4.78 is 23.5. The molecule has 0 aliphatic carbocycles. The Balaban J connectivity index is 4.04. The summed E-state index contributed by atoms with van der Waals surface area (Å²) in [7, 11) is 1.32. The van der Waals surface area contributed by atoms with Crippen LogP contribution in [-0.2, 0) is 18.4 Å². The van der Waals surface area contributed by atoms with Gasteiger partial charge in [0.2, 0.25) is 5.91 Å². The van der Waals surface area contributed by atoms with Gasteiger partial charge in [-0.05, 0) is 38.5 Å². The van der Waals surface area contributed by atoms with E-state index < -0.39 is 20.0 Å². The number of nitrogens with zero attached hydrogens (tertiary/aromatic N) is 1. The van der Waals surface area contributed by atoms with E-state index in [0.717, 1.165) is 38.5 Å². The van der Waals surface area contributed by atoms with E-state index in [1.165, 1.54) is 270 Å². The topological polar surface area (TPSA) is 108 Å². The maximum Gasteiger partial charge on any atom is 0.268 e. The number of aliphatic hydroxyl groups excluding tert-OH is 1. The lowest BCUT2D eigenvalue weighted by Gasteiger charge is -2.30. The molecule has 72 heavy (non-hydrogen) atoms. The van der Waals surface area contributed by atoms with Crippen LogP contribution in [0.4, 0.5) is 0 Å². The highest BCUT2D eigenvalue weighted by atomic mass is 31.2. The molecule has 0 aliphatic rings. The molecule has 0 heterocycles. The molecule has 0 aliphatic heterocycles. The Morgan fingerprint density at radius 2 is 0.764 bits per heavy atom. The molecule has 430 valence electrons. The maximum atomic E-state index is 13.0. The molecular formula is C63H127N2O6P. The van der Waals surface area contributed by atoms with Crippen molar-refractivity contribution in [3.8, 4) is 0 Å². The zero-order valence-electron chi connectivity index (χ0n) is 49.2. The lowest BCUT2D eigenvalue weighted by Crippen LogP contribution is -2.46. The third kappa shape index (κ3) is 57.0. The number of unbranched alkanes of at least 4 members (excludes halogenated alkanes) is 45. The van der Waals surface area contributed by atoms with Gasteiger partial charge >= 0.3 is 0 Å². The first kappa shape index (κ1) is 71.2. The lowest BCUT2D eigenvalue weighted by molar-refractivity contribution is -0.870. The van der Waals surface area contributed by atoms with E-state index in [-0.39, 0.29) is 19.1 Å². The third-order valence-corrected chi connectivity index (χ3v) is 16.0. The molecule has 0 aromatic heterocycles. The van der Waals surface area contributed by atoms with Crippen molar-refractivity contribution in [2.45, 2.75) is 347 Å². The predicted molar refractivity (Wildman–Crippen MR) is 312 cm³/mol. The summed E-state index contributed by atoms with van der Waals surface area (Å²) >= 11 is 0. The van der Waals surface area contributed by atoms with Crippen LogP contribution < -0.4 is 10.2 Å². The molecule has 3 atom stereocenters. The molecule has 0 saturated carbocycles. The minimum Gasteiger partial charge on any atom is -0.756 e. The number of carbonyl (C=O) groups is 1. The van der Waals surface area contributed by atoms with Crippen molar-refractivity contribution in [2.75, 3.05) is 40.9 Å². The van der Waals surface area contributed by atoms with E-state index in [1.54, 1.807) is 0 Å². The van der Waals surface area contributed by atoms with Crippen LogP contribution in [0.25, 0.3) is 0 Å². The van der Waals surface area contributed by atoms with Crippen molar-refractivity contribution in [1.29, 1.82) is 0 Å². The van der Waals surface area contributed by atoms with Gasteiger partial charge in [0, 0.05) is 6.42 Å². The minimum absolute atomic E-state index is 0.0156. The predicted octanol–water partition coefficient (Wildman–Crippen LogP) is 19.1. The molecule has 0 radical (unpaired) electrons. The van der Waals surface area contributed by atoms with E-state index in [2.05, 4.69) is 31.3 Å². The number of allylic oxidation sites excluding steroid dienone is 2. The quantitative estimate of drug-likeness (QED) is 0.0272. The van der Waals surface area contributed by atoms with Crippen LogP contribution in [0.2, 0.25) is 0 Å². The number of phosphoric ester groups is 1. The van der Waals surface area contributed by atoms with Crippen molar-refractivity contribution >= 4 is 13.7 Å². The first-order valence-electron chi connectivity index (χ1n) is 32.0. The Morgan fingerprint density at radius 3 is 1.08 bits per heavy atom. The summed E-state index contributed by atoms with van der Waals surface area (Å²) in [6.45, 7) is 4.78. The van der Waals surface area contributed by atoms with Gasteiger partial charge in [0.25, 0.3) is 7.82 Å². The fourth-order valence-corrected chi connectivity index (χ4v) is 10.7. The number of phosphoric acid groups is 1. The molecule has 1 amide bonds. The standard InChI is InChI=1S/C63H127N2O6P/c1-6-8-10-12-14-16-18-20-22-24-26-28-29-30-31-32-33-34-35-37-39-41-43-45-47-49-51-53-55-57-63(67)64-61(60-71-72(68,69)70-59-58-65(3,4)5)62(66)56-54-52-50-48-46-44-42-40-38-36-27-25-23-21-19-17-15-13-11-9-7-2/h24,26,61-62,66H,6-23,25,27-60H2,1-5H3,(H-,64,67,68,69)/b26-24-. The van der Waals surface area contributed by atoms with E-state index in [0.29, 0.717) is 23.9 Å². The average Bonchev–Trinajstić information content (AvgIpc) is 3.34. The van der Waals surface area contributed by atoms with Gasteiger partial charge in [0.05, 0.1) is 39.9 Å². The highest BCUT2D eigenvalue weighted by Gasteiger charge is 2.24. The average molecular weight is 1040 g/mol. The Hall–Kier alpha value is -0.760. The van der Waals surface area contributed by atoms with Crippen molar-refractivity contribution in [3.05, 3.63) is 12.2 Å². The minimum atomic E-state index is -4.57. The van der Waals surface area contributed by atoms with Gasteiger partial charge in [-0.1, -0.05) is 302 Å². The van der Waals surface area contributed by atoms with Crippen LogP contribution in [0.15, 0.2) is 12.2 Å². The Bertz CT molecular complexity index is 1180. The summed E-state index contributed by atoms with van der Waals surface area (Å²) in [4.78, 5) is 25.6. The molecule has 0 bridgehead atoms. The summed E-state index contributed by atoms with van der Waals surface area (Å²) in [6.07, 6.45) is 68.3. The molecule has 0 saturated heterocycles. The van der Waals surface area contributed by atoms with Crippen LogP contribution in [-0.4, -0.2) is 68.5 Å². The summed E-state index contributed by atoms with van der Waals surface area (Å²) in [5.41, 5.74) is 0. The van der Waals surface area contributed by atoms with Crippen LogP contribution in [0.3, 0.4) is 0 Å². The van der Waals surface area contributed by atoms with Crippen LogP contribution in [0, 0.1) is 0 Å². The number of aliphatic hydroxyl groups is 1. The fraction of sp³-hybridized carbons (Fsp3) is 0.952. The number of nitrogens with one attached hydrogen (secondary N) is 1. The first-order valence-corrected chi connectivity index (χ1v) is 33.5. The number of amides is 1. The molecule has 0 aromatic carbocycles. The van der Waals surface area contributed by atoms with E-state index >= 15 is 0 Å². The normalized spacial score (nSPS) is 13.8. The highest BCUT2D eigenvalue weighted by molar-refractivity contribution is 7.45. The molecule has 3 unspecified atom stereocenters. The van der Waals surface area contributed by atoms with Gasteiger partial charge in [-0.25, -0.2) is 0 Å². The number of likely N-dealkylation sites (N-methyl/N-ethyl adjacent to an activating group) is 1. The van der Waals surface area contributed by atoms with Gasteiger partial charge in [-0.2, -0.15) is 0 Å². The number of carbonyl (C=O) groups excluding carboxylic acids is 1. The zero-order valence-corrected chi connectivity index (χ0v) is 50.1. The monoisotopic (exact) mass is 1040 g/mol. The Labute approximate surface area is 450 Å². The maximum absolute atomic E-state index is 13.0. The van der Waals surface area contributed by atoms with E-state index in [4.69, 9.17) is 9.05 Å². The second-order valence-electron chi connectivity index (χ2n) is 23.5.